The Bertz CT molecular complexity index is 639. The minimum Gasteiger partial charge on any atom is -0.376 e. The molecule has 0 aromatic heterocycles. The van der Waals surface area contributed by atoms with Gasteiger partial charge in [0, 0.05) is 30.2 Å². The molecule has 1 amide bonds. The van der Waals surface area contributed by atoms with Crippen molar-refractivity contribution in [1.29, 1.82) is 0 Å². The number of nitrogens with one attached hydrogen (secondary N) is 1. The maximum absolute atomic E-state index is 14.5. The van der Waals surface area contributed by atoms with Crippen LogP contribution < -0.4 is 5.32 Å². The molecule has 25 heavy (non-hydrogen) atoms. The number of ether oxygens (including phenoxy) is 1. The SMILES string of the molecule is CC1CN(C(CNC(=O)C2CC2(Cl)Cl)c2c(F)cccc2Cl)CCO1. The van der Waals surface area contributed by atoms with Gasteiger partial charge in [0.05, 0.1) is 24.7 Å². The van der Waals surface area contributed by atoms with Gasteiger partial charge in [-0.15, -0.1) is 23.2 Å². The Morgan fingerprint density at radius 1 is 1.52 bits per heavy atom. The van der Waals surface area contributed by atoms with E-state index in [4.69, 9.17) is 39.5 Å². The standard InChI is InChI=1S/C17H20Cl3FN2O2/c1-10-9-23(5-6-25-10)14(15-12(18)3-2-4-13(15)21)8-22-16(24)11-7-17(11,19)20/h2-4,10-11,14H,5-9H2,1H3,(H,22,24). The molecule has 2 fully saturated rings. The monoisotopic (exact) mass is 408 g/mol. The van der Waals surface area contributed by atoms with E-state index < -0.39 is 10.3 Å². The minimum absolute atomic E-state index is 0.0271. The second-order valence-electron chi connectivity index (χ2n) is 6.59. The number of carbonyl (C=O) groups excluding carboxylic acids is 1. The zero-order chi connectivity index (χ0) is 18.2. The number of rotatable bonds is 5. The highest BCUT2D eigenvalue weighted by molar-refractivity contribution is 6.52. The molecule has 1 aliphatic heterocycles. The van der Waals surface area contributed by atoms with Crippen LogP contribution in [0.25, 0.3) is 0 Å². The van der Waals surface area contributed by atoms with Gasteiger partial charge in [0.15, 0.2) is 0 Å². The van der Waals surface area contributed by atoms with Crippen molar-refractivity contribution in [2.75, 3.05) is 26.2 Å². The fraction of sp³-hybridized carbons (Fsp3) is 0.588. The maximum atomic E-state index is 14.5. The van der Waals surface area contributed by atoms with Gasteiger partial charge < -0.3 is 10.1 Å². The molecule has 3 rings (SSSR count). The van der Waals surface area contributed by atoms with Crippen LogP contribution in [0.3, 0.4) is 0 Å². The first-order chi connectivity index (χ1) is 11.8. The number of hydrogen-bond donors (Lipinski definition) is 1. The van der Waals surface area contributed by atoms with Gasteiger partial charge in [-0.25, -0.2) is 4.39 Å². The van der Waals surface area contributed by atoms with Gasteiger partial charge in [0.2, 0.25) is 5.91 Å². The van der Waals surface area contributed by atoms with Crippen molar-refractivity contribution in [3.05, 3.63) is 34.6 Å². The van der Waals surface area contributed by atoms with Crippen molar-refractivity contribution in [3.8, 4) is 0 Å². The topological polar surface area (TPSA) is 41.6 Å². The average molecular weight is 410 g/mol. The quantitative estimate of drug-likeness (QED) is 0.756. The first-order valence-electron chi connectivity index (χ1n) is 8.24. The summed E-state index contributed by atoms with van der Waals surface area (Å²) < 4.78 is 19.1. The van der Waals surface area contributed by atoms with E-state index >= 15 is 0 Å². The Kier molecular flexibility index (Phi) is 5.81. The van der Waals surface area contributed by atoms with Crippen molar-refractivity contribution in [2.45, 2.75) is 29.8 Å². The lowest BCUT2D eigenvalue weighted by Crippen LogP contribution is -2.47. The highest BCUT2D eigenvalue weighted by Crippen LogP contribution is 2.53. The summed E-state index contributed by atoms with van der Waals surface area (Å²) in [7, 11) is 0. The Labute approximate surface area is 161 Å². The van der Waals surface area contributed by atoms with Crippen LogP contribution in [-0.2, 0) is 9.53 Å². The van der Waals surface area contributed by atoms with Gasteiger partial charge in [-0.3, -0.25) is 9.69 Å². The van der Waals surface area contributed by atoms with Crippen LogP contribution >= 0.6 is 34.8 Å². The van der Waals surface area contributed by atoms with Crippen molar-refractivity contribution >= 4 is 40.7 Å². The van der Waals surface area contributed by atoms with E-state index in [2.05, 4.69) is 10.2 Å². The second kappa shape index (κ2) is 7.57. The van der Waals surface area contributed by atoms with Crippen molar-refractivity contribution in [1.82, 2.24) is 10.2 Å². The third-order valence-corrected chi connectivity index (χ3v) is 5.82. The molecule has 2 aliphatic rings. The maximum Gasteiger partial charge on any atom is 0.226 e. The van der Waals surface area contributed by atoms with E-state index in [0.717, 1.165) is 0 Å². The predicted octanol–water partition coefficient (Wildman–Crippen LogP) is 3.55. The number of hydrogen-bond acceptors (Lipinski definition) is 3. The lowest BCUT2D eigenvalue weighted by atomic mass is 10.0. The molecule has 138 valence electrons. The fourth-order valence-corrected chi connectivity index (χ4v) is 3.99. The Balaban J connectivity index is 1.78. The van der Waals surface area contributed by atoms with E-state index in [1.54, 1.807) is 12.1 Å². The molecule has 0 spiro atoms. The first kappa shape index (κ1) is 19.2. The minimum atomic E-state index is -0.983. The normalized spacial score (nSPS) is 26.9. The highest BCUT2D eigenvalue weighted by atomic mass is 35.5. The molecule has 3 unspecified atom stereocenters. The molecular formula is C17H20Cl3FN2O2. The van der Waals surface area contributed by atoms with Crippen LogP contribution in [0.5, 0.6) is 0 Å². The number of halogens is 4. The molecule has 1 aromatic carbocycles. The van der Waals surface area contributed by atoms with Crippen LogP contribution in [0.4, 0.5) is 4.39 Å². The Morgan fingerprint density at radius 2 is 2.24 bits per heavy atom. The molecule has 1 saturated carbocycles. The van der Waals surface area contributed by atoms with Crippen molar-refractivity contribution in [3.63, 3.8) is 0 Å². The molecule has 1 N–H and O–H groups in total. The summed E-state index contributed by atoms with van der Waals surface area (Å²) in [5, 5.41) is 3.19. The summed E-state index contributed by atoms with van der Waals surface area (Å²) in [5.74, 6) is -1.03. The number of carbonyl (C=O) groups is 1. The third kappa shape index (κ3) is 4.40. The molecular weight excluding hydrogens is 390 g/mol. The Morgan fingerprint density at radius 3 is 2.84 bits per heavy atom. The van der Waals surface area contributed by atoms with E-state index in [1.165, 1.54) is 6.07 Å². The molecule has 4 nitrogen and oxygen atoms in total. The molecule has 0 radical (unpaired) electrons. The van der Waals surface area contributed by atoms with E-state index in [0.29, 0.717) is 36.7 Å². The molecule has 1 aromatic rings. The van der Waals surface area contributed by atoms with E-state index in [9.17, 15) is 9.18 Å². The fourth-order valence-electron chi connectivity index (χ4n) is 3.19. The number of amides is 1. The van der Waals surface area contributed by atoms with Crippen LogP contribution in [0, 0.1) is 11.7 Å². The zero-order valence-corrected chi connectivity index (χ0v) is 16.0. The summed E-state index contributed by atoms with van der Waals surface area (Å²) in [6.45, 7) is 4.00. The van der Waals surface area contributed by atoms with Crippen LogP contribution in [0.1, 0.15) is 24.9 Å². The largest absolute Gasteiger partial charge is 0.376 e. The van der Waals surface area contributed by atoms with Crippen LogP contribution in [0.2, 0.25) is 5.02 Å². The van der Waals surface area contributed by atoms with Gasteiger partial charge in [-0.05, 0) is 25.5 Å². The smallest absolute Gasteiger partial charge is 0.226 e. The summed E-state index contributed by atoms with van der Waals surface area (Å²) in [5.41, 5.74) is 0.386. The van der Waals surface area contributed by atoms with E-state index in [1.807, 2.05) is 6.92 Å². The van der Waals surface area contributed by atoms with Crippen molar-refractivity contribution in [2.24, 2.45) is 5.92 Å². The molecule has 0 bridgehead atoms. The number of alkyl halides is 2. The van der Waals surface area contributed by atoms with Gasteiger partial charge in [-0.2, -0.15) is 0 Å². The summed E-state index contributed by atoms with van der Waals surface area (Å²) >= 11 is 18.2. The van der Waals surface area contributed by atoms with Gasteiger partial charge in [0.1, 0.15) is 10.2 Å². The molecule has 3 atom stereocenters. The zero-order valence-electron chi connectivity index (χ0n) is 13.8. The summed E-state index contributed by atoms with van der Waals surface area (Å²) in [6, 6.07) is 4.21. The first-order valence-corrected chi connectivity index (χ1v) is 9.38. The van der Waals surface area contributed by atoms with Gasteiger partial charge >= 0.3 is 0 Å². The number of benzene rings is 1. The molecule has 8 heteroatoms. The van der Waals surface area contributed by atoms with Gasteiger partial charge in [-0.1, -0.05) is 17.7 Å². The van der Waals surface area contributed by atoms with Gasteiger partial charge in [0.25, 0.3) is 0 Å². The van der Waals surface area contributed by atoms with Crippen molar-refractivity contribution < 1.29 is 13.9 Å². The number of morpholine rings is 1. The summed E-state index contributed by atoms with van der Waals surface area (Å²) in [4.78, 5) is 14.3. The number of nitrogens with zero attached hydrogens (tertiary/aromatic N) is 1. The molecule has 1 saturated heterocycles. The summed E-state index contributed by atoms with van der Waals surface area (Å²) in [6.07, 6.45) is 0.459. The molecule has 1 heterocycles. The molecule has 1 aliphatic carbocycles. The lowest BCUT2D eigenvalue weighted by molar-refractivity contribution is -0.122. The third-order valence-electron chi connectivity index (χ3n) is 4.66. The predicted molar refractivity (Wildman–Crippen MR) is 96.7 cm³/mol. The highest BCUT2D eigenvalue weighted by Gasteiger charge is 2.56. The van der Waals surface area contributed by atoms with Crippen LogP contribution in [-0.4, -0.2) is 47.5 Å². The average Bonchev–Trinajstić information content (AvgIpc) is 3.18. The van der Waals surface area contributed by atoms with Crippen LogP contribution in [0.15, 0.2) is 18.2 Å². The Hall–Kier alpha value is -0.590. The lowest BCUT2D eigenvalue weighted by Gasteiger charge is -2.38. The van der Waals surface area contributed by atoms with E-state index in [-0.39, 0.29) is 30.4 Å². The second-order valence-corrected chi connectivity index (χ2v) is 8.54.